The molecule has 1 saturated heterocycles. The second-order valence-corrected chi connectivity index (χ2v) is 4.20. The largest absolute Gasteiger partial charge is 0.394 e. The van der Waals surface area contributed by atoms with Crippen LogP contribution in [0.5, 0.6) is 0 Å². The molecule has 1 aliphatic rings. The number of nitrogens with two attached hydrogens (primary N) is 1. The van der Waals surface area contributed by atoms with E-state index in [1.807, 2.05) is 0 Å². The first kappa shape index (κ1) is 11.3. The van der Waals surface area contributed by atoms with Gasteiger partial charge < -0.3 is 20.7 Å². The fraction of sp³-hybridized carbons (Fsp3) is 0.500. The Labute approximate surface area is 102 Å². The van der Waals surface area contributed by atoms with Gasteiger partial charge in [0.1, 0.15) is 17.8 Å². The van der Waals surface area contributed by atoms with Crippen LogP contribution in [0.1, 0.15) is 12.6 Å². The molecule has 0 spiro atoms. The number of fused-ring (bicyclic) bond motifs is 1. The predicted molar refractivity (Wildman–Crippen MR) is 61.4 cm³/mol. The minimum absolute atomic E-state index is 0.154. The van der Waals surface area contributed by atoms with Gasteiger partial charge in [0.05, 0.1) is 25.2 Å². The van der Waals surface area contributed by atoms with Crippen LogP contribution < -0.4 is 5.73 Å². The lowest BCUT2D eigenvalue weighted by atomic mass is 10.2. The first-order valence-electron chi connectivity index (χ1n) is 5.58. The number of imidazole rings is 1. The maximum absolute atomic E-state index is 9.71. The Hall–Kier alpha value is -1.77. The Morgan fingerprint density at radius 3 is 3.06 bits per heavy atom. The second-order valence-electron chi connectivity index (χ2n) is 4.20. The van der Waals surface area contributed by atoms with E-state index < -0.39 is 18.4 Å². The van der Waals surface area contributed by atoms with Gasteiger partial charge in [0.25, 0.3) is 0 Å². The third kappa shape index (κ3) is 1.70. The average Bonchev–Trinajstić information content (AvgIpc) is 2.91. The van der Waals surface area contributed by atoms with Crippen molar-refractivity contribution in [2.45, 2.75) is 24.9 Å². The van der Waals surface area contributed by atoms with E-state index in [1.54, 1.807) is 10.9 Å². The zero-order valence-electron chi connectivity index (χ0n) is 9.47. The van der Waals surface area contributed by atoms with Crippen LogP contribution in [0.4, 0.5) is 5.95 Å². The van der Waals surface area contributed by atoms with Crippen molar-refractivity contribution in [2.24, 2.45) is 0 Å². The zero-order valence-corrected chi connectivity index (χ0v) is 9.47. The third-order valence-corrected chi connectivity index (χ3v) is 3.03. The van der Waals surface area contributed by atoms with E-state index >= 15 is 0 Å². The molecule has 1 fully saturated rings. The Morgan fingerprint density at radius 2 is 2.33 bits per heavy atom. The van der Waals surface area contributed by atoms with Crippen LogP contribution in [-0.4, -0.2) is 48.5 Å². The first-order valence-corrected chi connectivity index (χ1v) is 5.58. The van der Waals surface area contributed by atoms with Gasteiger partial charge in [-0.15, -0.1) is 0 Å². The van der Waals surface area contributed by atoms with Crippen molar-refractivity contribution < 1.29 is 14.9 Å². The maximum atomic E-state index is 9.71. The third-order valence-electron chi connectivity index (χ3n) is 3.03. The van der Waals surface area contributed by atoms with E-state index in [-0.39, 0.29) is 12.6 Å². The topological polar surface area (TPSA) is 119 Å². The van der Waals surface area contributed by atoms with E-state index in [4.69, 9.17) is 15.6 Å². The molecule has 3 rings (SSSR count). The number of nitrogens with zero attached hydrogens (tertiary/aromatic N) is 4. The van der Waals surface area contributed by atoms with Crippen molar-refractivity contribution >= 4 is 17.1 Å². The number of aromatic nitrogens is 4. The van der Waals surface area contributed by atoms with Crippen LogP contribution in [0.25, 0.3) is 11.2 Å². The molecule has 1 unspecified atom stereocenters. The number of hydrogen-bond acceptors (Lipinski definition) is 7. The molecule has 0 amide bonds. The molecule has 96 valence electrons. The number of rotatable bonds is 2. The van der Waals surface area contributed by atoms with Crippen LogP contribution in [0.2, 0.25) is 0 Å². The van der Waals surface area contributed by atoms with Gasteiger partial charge in [-0.25, -0.2) is 9.97 Å². The molecule has 0 radical (unpaired) electrons. The molecule has 0 aromatic carbocycles. The Balaban J connectivity index is 1.98. The lowest BCUT2D eigenvalue weighted by molar-refractivity contribution is -0.0432. The molecule has 4 N–H and O–H groups in total. The van der Waals surface area contributed by atoms with Crippen molar-refractivity contribution in [3.63, 3.8) is 0 Å². The van der Waals surface area contributed by atoms with Crippen molar-refractivity contribution in [1.82, 2.24) is 19.5 Å². The summed E-state index contributed by atoms with van der Waals surface area (Å²) in [5.74, 6) is 0.154. The van der Waals surface area contributed by atoms with Crippen molar-refractivity contribution in [2.75, 3.05) is 12.3 Å². The number of nitrogen functional groups attached to an aromatic ring is 1. The highest BCUT2D eigenvalue weighted by Gasteiger charge is 2.35. The molecule has 8 nitrogen and oxygen atoms in total. The van der Waals surface area contributed by atoms with Gasteiger partial charge in [-0.3, -0.25) is 4.57 Å². The first-order chi connectivity index (χ1) is 8.69. The van der Waals surface area contributed by atoms with E-state index in [9.17, 15) is 5.11 Å². The number of hydrogen-bond donors (Lipinski definition) is 3. The van der Waals surface area contributed by atoms with Gasteiger partial charge in [0.15, 0.2) is 5.65 Å². The van der Waals surface area contributed by atoms with Gasteiger partial charge in [-0.05, 0) is 0 Å². The number of aliphatic hydroxyl groups excluding tert-OH is 2. The maximum Gasteiger partial charge on any atom is 0.222 e. The Kier molecular flexibility index (Phi) is 2.62. The number of aliphatic hydroxyl groups is 2. The molecule has 2 aromatic heterocycles. The molecule has 3 atom stereocenters. The summed E-state index contributed by atoms with van der Waals surface area (Å²) in [4.78, 5) is 12.1. The lowest BCUT2D eigenvalue weighted by Gasteiger charge is -2.13. The predicted octanol–water partition coefficient (Wildman–Crippen LogP) is -0.951. The number of anilines is 1. The van der Waals surface area contributed by atoms with Crippen LogP contribution in [-0.2, 0) is 4.74 Å². The summed E-state index contributed by atoms with van der Waals surface area (Å²) >= 11 is 0. The van der Waals surface area contributed by atoms with Gasteiger partial charge in [-0.2, -0.15) is 4.98 Å². The van der Waals surface area contributed by atoms with Crippen LogP contribution in [0.3, 0.4) is 0 Å². The summed E-state index contributed by atoms with van der Waals surface area (Å²) in [6, 6.07) is 0. The summed E-state index contributed by atoms with van der Waals surface area (Å²) in [6.45, 7) is -0.221. The number of ether oxygens (including phenoxy) is 1. The van der Waals surface area contributed by atoms with Crippen LogP contribution >= 0.6 is 0 Å². The van der Waals surface area contributed by atoms with E-state index in [2.05, 4.69) is 15.0 Å². The molecule has 0 saturated carbocycles. The van der Waals surface area contributed by atoms with Crippen molar-refractivity contribution in [1.29, 1.82) is 0 Å². The highest BCUT2D eigenvalue weighted by molar-refractivity contribution is 5.70. The Morgan fingerprint density at radius 1 is 1.50 bits per heavy atom. The molecular formula is C10H13N5O3. The Bertz CT molecular complexity index is 572. The zero-order chi connectivity index (χ0) is 12.7. The van der Waals surface area contributed by atoms with E-state index in [0.29, 0.717) is 17.6 Å². The monoisotopic (exact) mass is 251 g/mol. The normalized spacial score (nSPS) is 28.0. The quantitative estimate of drug-likeness (QED) is 0.629. The van der Waals surface area contributed by atoms with Crippen LogP contribution in [0.15, 0.2) is 12.5 Å². The fourth-order valence-corrected chi connectivity index (χ4v) is 2.10. The summed E-state index contributed by atoms with van der Waals surface area (Å²) in [6.07, 6.45) is 1.79. The summed E-state index contributed by atoms with van der Waals surface area (Å²) in [5.41, 5.74) is 6.70. The second kappa shape index (κ2) is 4.16. The molecule has 1 aliphatic heterocycles. The summed E-state index contributed by atoms with van der Waals surface area (Å²) < 4.78 is 7.22. The molecular weight excluding hydrogens is 238 g/mol. The fourth-order valence-electron chi connectivity index (χ4n) is 2.10. The minimum Gasteiger partial charge on any atom is -0.394 e. The van der Waals surface area contributed by atoms with Gasteiger partial charge in [0.2, 0.25) is 5.95 Å². The van der Waals surface area contributed by atoms with Crippen molar-refractivity contribution in [3.05, 3.63) is 12.5 Å². The van der Waals surface area contributed by atoms with Crippen molar-refractivity contribution in [3.8, 4) is 0 Å². The standard InChI is InChI=1S/C10H13N5O3/c11-10-12-2-5-9(14-10)15(4-13-5)8-1-6(17)7(3-16)18-8/h2,4,6-8,16-17H,1,3H2,(H2,11,12,14)/t6?,7-,8-/m1/s1. The SMILES string of the molecule is Nc1ncc2ncn([C@H]3CC(O)[C@@H](CO)O3)c2n1. The summed E-state index contributed by atoms with van der Waals surface area (Å²) in [7, 11) is 0. The summed E-state index contributed by atoms with van der Waals surface area (Å²) in [5, 5.41) is 18.8. The molecule has 18 heavy (non-hydrogen) atoms. The highest BCUT2D eigenvalue weighted by atomic mass is 16.5. The molecule has 0 bridgehead atoms. The molecule has 2 aromatic rings. The minimum atomic E-state index is -0.698. The molecule has 0 aliphatic carbocycles. The van der Waals surface area contributed by atoms with Gasteiger partial charge in [0, 0.05) is 6.42 Å². The van der Waals surface area contributed by atoms with Crippen LogP contribution in [0, 0.1) is 0 Å². The average molecular weight is 251 g/mol. The smallest absolute Gasteiger partial charge is 0.222 e. The molecule has 3 heterocycles. The molecule has 8 heteroatoms. The van der Waals surface area contributed by atoms with Gasteiger partial charge >= 0.3 is 0 Å². The van der Waals surface area contributed by atoms with Gasteiger partial charge in [-0.1, -0.05) is 0 Å². The highest BCUT2D eigenvalue weighted by Crippen LogP contribution is 2.30. The van der Waals surface area contributed by atoms with E-state index in [0.717, 1.165) is 0 Å². The lowest BCUT2D eigenvalue weighted by Crippen LogP contribution is -2.24. The van der Waals surface area contributed by atoms with E-state index in [1.165, 1.54) is 6.20 Å².